The number of hydrogen-bond donors (Lipinski definition) is 2. The lowest BCUT2D eigenvalue weighted by Gasteiger charge is -2.41. The number of aliphatic hydroxyl groups excluding tert-OH is 1. The Hall–Kier alpha value is -3.89. The highest BCUT2D eigenvalue weighted by molar-refractivity contribution is 5.76. The molecular formula is C30H38N8O2. The lowest BCUT2D eigenvalue weighted by Crippen LogP contribution is -2.48. The largest absolute Gasteiger partial charge is 0.395 e. The molecule has 0 bridgehead atoms. The first-order valence-corrected chi connectivity index (χ1v) is 13.8. The Morgan fingerprint density at radius 2 is 1.85 bits per heavy atom. The van der Waals surface area contributed by atoms with Crippen molar-refractivity contribution in [3.63, 3.8) is 0 Å². The first-order chi connectivity index (χ1) is 19.3. The van der Waals surface area contributed by atoms with E-state index in [9.17, 15) is 9.90 Å². The van der Waals surface area contributed by atoms with E-state index in [-0.39, 0.29) is 42.5 Å². The van der Waals surface area contributed by atoms with Crippen LogP contribution in [0.1, 0.15) is 44.6 Å². The van der Waals surface area contributed by atoms with Crippen LogP contribution < -0.4 is 5.32 Å². The minimum atomic E-state index is -0.361. The number of aliphatic hydroxyl groups is 1. The Labute approximate surface area is 235 Å². The molecule has 10 heteroatoms. The van der Waals surface area contributed by atoms with E-state index in [1.807, 2.05) is 41.3 Å². The van der Waals surface area contributed by atoms with Crippen molar-refractivity contribution in [2.75, 3.05) is 19.7 Å². The van der Waals surface area contributed by atoms with E-state index in [4.69, 9.17) is 4.98 Å². The van der Waals surface area contributed by atoms with Gasteiger partial charge in [0, 0.05) is 30.9 Å². The number of benzene rings is 2. The molecule has 40 heavy (non-hydrogen) atoms. The highest BCUT2D eigenvalue weighted by atomic mass is 16.3. The summed E-state index contributed by atoms with van der Waals surface area (Å²) in [7, 11) is 0. The van der Waals surface area contributed by atoms with E-state index >= 15 is 0 Å². The van der Waals surface area contributed by atoms with Gasteiger partial charge in [-0.05, 0) is 35.1 Å². The van der Waals surface area contributed by atoms with E-state index in [1.54, 1.807) is 0 Å². The molecule has 3 atom stereocenters. The Kier molecular flexibility index (Phi) is 8.37. The molecule has 1 aliphatic rings. The molecule has 10 nitrogen and oxygen atoms in total. The van der Waals surface area contributed by atoms with E-state index in [0.29, 0.717) is 13.1 Å². The highest BCUT2D eigenvalue weighted by Gasteiger charge is 2.41. The topological polar surface area (TPSA) is 114 Å². The molecule has 0 unspecified atom stereocenters. The first-order valence-electron chi connectivity index (χ1n) is 13.8. The number of amides is 1. The molecule has 0 saturated carbocycles. The summed E-state index contributed by atoms with van der Waals surface area (Å²) in [5, 5.41) is 25.2. The number of imidazole rings is 1. The van der Waals surface area contributed by atoms with Gasteiger partial charge in [-0.15, -0.1) is 10.2 Å². The molecule has 210 valence electrons. The quantitative estimate of drug-likeness (QED) is 0.316. The summed E-state index contributed by atoms with van der Waals surface area (Å²) in [6.45, 7) is 8.35. The molecule has 5 rings (SSSR count). The van der Waals surface area contributed by atoms with Crippen molar-refractivity contribution in [1.82, 2.24) is 40.0 Å². The number of hydrogen-bond acceptors (Lipinski definition) is 7. The van der Waals surface area contributed by atoms with Crippen LogP contribution in [-0.4, -0.2) is 71.4 Å². The van der Waals surface area contributed by atoms with Crippen molar-refractivity contribution in [3.8, 4) is 11.3 Å². The lowest BCUT2D eigenvalue weighted by molar-refractivity contribution is -0.139. The zero-order valence-corrected chi connectivity index (χ0v) is 23.4. The maximum Gasteiger partial charge on any atom is 0.246 e. The van der Waals surface area contributed by atoms with Gasteiger partial charge < -0.3 is 19.9 Å². The summed E-state index contributed by atoms with van der Waals surface area (Å²) in [6, 6.07) is 20.0. The predicted molar refractivity (Wildman–Crippen MR) is 152 cm³/mol. The molecule has 1 amide bonds. The van der Waals surface area contributed by atoms with E-state index in [2.05, 4.69) is 76.5 Å². The Bertz CT molecular complexity index is 1370. The Balaban J connectivity index is 1.61. The fourth-order valence-electron chi connectivity index (χ4n) is 5.63. The fraction of sp³-hybridized carbons (Fsp3) is 0.433. The second kappa shape index (κ2) is 12.1. The number of nitrogens with one attached hydrogen (secondary N) is 1. The Morgan fingerprint density at radius 1 is 1.12 bits per heavy atom. The fourth-order valence-corrected chi connectivity index (χ4v) is 5.63. The molecule has 0 aliphatic carbocycles. The molecule has 0 spiro atoms. The van der Waals surface area contributed by atoms with Crippen LogP contribution in [0.4, 0.5) is 0 Å². The van der Waals surface area contributed by atoms with Crippen LogP contribution in [-0.2, 0) is 17.9 Å². The zero-order chi connectivity index (χ0) is 28.1. The summed E-state index contributed by atoms with van der Waals surface area (Å²) in [4.78, 5) is 22.5. The smallest absolute Gasteiger partial charge is 0.246 e. The minimum Gasteiger partial charge on any atom is -0.395 e. The van der Waals surface area contributed by atoms with Crippen LogP contribution in [0, 0.1) is 11.3 Å². The van der Waals surface area contributed by atoms with Crippen LogP contribution in [0.2, 0.25) is 0 Å². The highest BCUT2D eigenvalue weighted by Crippen LogP contribution is 2.40. The summed E-state index contributed by atoms with van der Waals surface area (Å²) < 4.78 is 2.18. The molecule has 3 heterocycles. The molecule has 0 radical (unpaired) electrons. The van der Waals surface area contributed by atoms with E-state index in [0.717, 1.165) is 35.6 Å². The Morgan fingerprint density at radius 3 is 2.50 bits per heavy atom. The summed E-state index contributed by atoms with van der Waals surface area (Å²) in [6.07, 6.45) is 4.30. The van der Waals surface area contributed by atoms with Crippen molar-refractivity contribution in [3.05, 3.63) is 84.6 Å². The van der Waals surface area contributed by atoms with Gasteiger partial charge >= 0.3 is 0 Å². The third kappa shape index (κ3) is 6.29. The third-order valence-electron chi connectivity index (χ3n) is 7.56. The third-order valence-corrected chi connectivity index (χ3v) is 7.56. The summed E-state index contributed by atoms with van der Waals surface area (Å²) >= 11 is 0. The van der Waals surface area contributed by atoms with Crippen molar-refractivity contribution in [2.24, 2.45) is 11.3 Å². The number of carbonyl (C=O) groups excluding carboxylic acids is 1. The summed E-state index contributed by atoms with van der Waals surface area (Å²) in [5.74, 6) is 0.812. The minimum absolute atomic E-state index is 0.0261. The van der Waals surface area contributed by atoms with Gasteiger partial charge in [-0.1, -0.05) is 81.4 Å². The van der Waals surface area contributed by atoms with Crippen molar-refractivity contribution >= 4 is 5.91 Å². The molecule has 2 N–H and O–H groups in total. The SMILES string of the molecule is CC(C)(C)[C@H](c1nc(-c2ccccc2)cn1Cc1ccccc1)N(C[C@@H]1CCN[C@@H]1CO)C(=O)Cn1ncnn1. The van der Waals surface area contributed by atoms with Gasteiger partial charge in [0.2, 0.25) is 5.91 Å². The normalized spacial score (nSPS) is 18.1. The number of tetrazole rings is 1. The number of carbonyl (C=O) groups is 1. The van der Waals surface area contributed by atoms with Gasteiger partial charge in [-0.3, -0.25) is 4.79 Å². The van der Waals surface area contributed by atoms with Crippen LogP contribution in [0.15, 0.2) is 73.2 Å². The van der Waals surface area contributed by atoms with Crippen molar-refractivity contribution < 1.29 is 9.90 Å². The maximum atomic E-state index is 14.1. The van der Waals surface area contributed by atoms with Crippen LogP contribution >= 0.6 is 0 Å². The van der Waals surface area contributed by atoms with Gasteiger partial charge in [0.25, 0.3) is 0 Å². The lowest BCUT2D eigenvalue weighted by atomic mass is 9.83. The molecule has 1 fully saturated rings. The number of nitrogens with zero attached hydrogens (tertiary/aromatic N) is 7. The van der Waals surface area contributed by atoms with Crippen LogP contribution in [0.25, 0.3) is 11.3 Å². The van der Waals surface area contributed by atoms with Crippen molar-refractivity contribution in [1.29, 1.82) is 0 Å². The monoisotopic (exact) mass is 542 g/mol. The molecule has 2 aromatic heterocycles. The van der Waals surface area contributed by atoms with Gasteiger partial charge in [-0.2, -0.15) is 4.80 Å². The number of aromatic nitrogens is 6. The maximum absolute atomic E-state index is 14.1. The standard InChI is InChI=1S/C30H38N8O2/c1-30(2,3)28(37(17-24-14-15-31-26(24)20-39)27(40)19-38-33-21-32-35-38)29-34-25(23-12-8-5-9-13-23)18-36(29)16-22-10-6-4-7-11-22/h4-13,18,21,24,26,28,31,39H,14-17,19-20H2,1-3H3/t24-,26+,28-/m0/s1. The second-order valence-corrected chi connectivity index (χ2v) is 11.5. The van der Waals surface area contributed by atoms with E-state index in [1.165, 1.54) is 11.1 Å². The first kappa shape index (κ1) is 27.7. The van der Waals surface area contributed by atoms with E-state index < -0.39 is 0 Å². The molecular weight excluding hydrogens is 504 g/mol. The van der Waals surface area contributed by atoms with Gasteiger partial charge in [0.1, 0.15) is 12.4 Å². The van der Waals surface area contributed by atoms with Gasteiger partial charge in [0.15, 0.2) is 6.33 Å². The van der Waals surface area contributed by atoms with Crippen LogP contribution in [0.5, 0.6) is 0 Å². The molecule has 4 aromatic rings. The second-order valence-electron chi connectivity index (χ2n) is 11.5. The average molecular weight is 543 g/mol. The predicted octanol–water partition coefficient (Wildman–Crippen LogP) is 3.17. The van der Waals surface area contributed by atoms with Crippen molar-refractivity contribution in [2.45, 2.75) is 52.4 Å². The summed E-state index contributed by atoms with van der Waals surface area (Å²) in [5.41, 5.74) is 2.67. The van der Waals surface area contributed by atoms with Gasteiger partial charge in [0.05, 0.1) is 18.3 Å². The molecule has 1 aliphatic heterocycles. The van der Waals surface area contributed by atoms with Gasteiger partial charge in [-0.25, -0.2) is 4.98 Å². The van der Waals surface area contributed by atoms with Crippen LogP contribution in [0.3, 0.4) is 0 Å². The zero-order valence-electron chi connectivity index (χ0n) is 23.4. The number of rotatable bonds is 10. The molecule has 1 saturated heterocycles. The average Bonchev–Trinajstić information content (AvgIpc) is 3.71. The molecule has 2 aromatic carbocycles.